The smallest absolute Gasteiger partial charge is 0.128 e. The molecule has 2 fully saturated rings. The Morgan fingerprint density at radius 3 is 2.70 bits per heavy atom. The predicted octanol–water partition coefficient (Wildman–Crippen LogP) is 3.80. The summed E-state index contributed by atoms with van der Waals surface area (Å²) in [6.07, 6.45) is 5.18. The SMILES string of the molecule is COc1ccccc1[C@H]1[C@H]2CCCC[C@@]2(O)CC[NH+]1Cc1ccccc1Cl. The number of hydrogen-bond acceptors (Lipinski definition) is 2. The molecule has 1 saturated heterocycles. The number of methoxy groups -OCH3 is 1. The lowest BCUT2D eigenvalue weighted by molar-refractivity contribution is -0.958. The fourth-order valence-electron chi connectivity index (χ4n) is 5.30. The lowest BCUT2D eigenvalue weighted by atomic mass is 9.66. The van der Waals surface area contributed by atoms with Gasteiger partial charge in [-0.05, 0) is 31.0 Å². The summed E-state index contributed by atoms with van der Waals surface area (Å²) in [5.41, 5.74) is 1.84. The molecular formula is C23H29ClNO2+. The van der Waals surface area contributed by atoms with Gasteiger partial charge in [-0.2, -0.15) is 0 Å². The van der Waals surface area contributed by atoms with Crippen molar-refractivity contribution < 1.29 is 14.7 Å². The number of para-hydroxylation sites is 1. The molecule has 0 amide bonds. The maximum absolute atomic E-state index is 11.4. The number of nitrogens with one attached hydrogen (secondary N) is 1. The average Bonchev–Trinajstić information content (AvgIpc) is 2.69. The molecule has 0 bridgehead atoms. The van der Waals surface area contributed by atoms with Crippen molar-refractivity contribution in [2.45, 2.75) is 50.3 Å². The molecule has 0 radical (unpaired) electrons. The van der Waals surface area contributed by atoms with Gasteiger partial charge in [-0.25, -0.2) is 0 Å². The number of benzene rings is 2. The first-order valence-corrected chi connectivity index (χ1v) is 10.4. The van der Waals surface area contributed by atoms with Gasteiger partial charge in [-0.3, -0.25) is 0 Å². The van der Waals surface area contributed by atoms with Gasteiger partial charge in [0.05, 0.1) is 24.8 Å². The summed E-state index contributed by atoms with van der Waals surface area (Å²) < 4.78 is 5.71. The van der Waals surface area contributed by atoms with Crippen LogP contribution in [0.5, 0.6) is 5.75 Å². The number of likely N-dealkylation sites (tertiary alicyclic amines) is 1. The maximum Gasteiger partial charge on any atom is 0.128 e. The fourth-order valence-corrected chi connectivity index (χ4v) is 5.50. The Morgan fingerprint density at radius 1 is 1.11 bits per heavy atom. The Morgan fingerprint density at radius 2 is 1.89 bits per heavy atom. The Kier molecular flexibility index (Phi) is 5.45. The lowest BCUT2D eigenvalue weighted by Crippen LogP contribution is -3.13. The molecule has 2 aromatic rings. The molecular weight excluding hydrogens is 358 g/mol. The minimum atomic E-state index is -0.548. The van der Waals surface area contributed by atoms with E-state index in [0.717, 1.165) is 49.5 Å². The highest BCUT2D eigenvalue weighted by atomic mass is 35.5. The zero-order valence-electron chi connectivity index (χ0n) is 16.0. The molecule has 1 aliphatic carbocycles. The van der Waals surface area contributed by atoms with Crippen molar-refractivity contribution in [3.05, 3.63) is 64.7 Å². The summed E-state index contributed by atoms with van der Waals surface area (Å²) in [4.78, 5) is 1.48. The lowest BCUT2D eigenvalue weighted by Gasteiger charge is -2.50. The van der Waals surface area contributed by atoms with Crippen LogP contribution in [0.25, 0.3) is 0 Å². The first kappa shape index (κ1) is 18.8. The molecule has 1 unspecified atom stereocenters. The van der Waals surface area contributed by atoms with Crippen LogP contribution >= 0.6 is 11.6 Å². The van der Waals surface area contributed by atoms with E-state index in [-0.39, 0.29) is 12.0 Å². The van der Waals surface area contributed by atoms with E-state index < -0.39 is 5.60 Å². The Hall–Kier alpha value is -1.55. The molecule has 4 atom stereocenters. The van der Waals surface area contributed by atoms with E-state index in [0.29, 0.717) is 0 Å². The van der Waals surface area contributed by atoms with Gasteiger partial charge in [-0.15, -0.1) is 0 Å². The van der Waals surface area contributed by atoms with Gasteiger partial charge in [0.15, 0.2) is 0 Å². The van der Waals surface area contributed by atoms with Crippen LogP contribution in [-0.2, 0) is 6.54 Å². The van der Waals surface area contributed by atoms with Gasteiger partial charge in [0.25, 0.3) is 0 Å². The molecule has 1 heterocycles. The largest absolute Gasteiger partial charge is 0.496 e. The number of fused-ring (bicyclic) bond motifs is 1. The minimum Gasteiger partial charge on any atom is -0.496 e. The van der Waals surface area contributed by atoms with Gasteiger partial charge in [0.1, 0.15) is 18.3 Å². The van der Waals surface area contributed by atoms with Gasteiger partial charge < -0.3 is 14.7 Å². The summed E-state index contributed by atoms with van der Waals surface area (Å²) in [5.74, 6) is 1.18. The van der Waals surface area contributed by atoms with Gasteiger partial charge in [0.2, 0.25) is 0 Å². The summed E-state index contributed by atoms with van der Waals surface area (Å²) in [6, 6.07) is 16.7. The van der Waals surface area contributed by atoms with Gasteiger partial charge >= 0.3 is 0 Å². The fraction of sp³-hybridized carbons (Fsp3) is 0.478. The van der Waals surface area contributed by atoms with E-state index in [2.05, 4.69) is 24.3 Å². The average molecular weight is 387 g/mol. The number of quaternary nitrogens is 1. The van der Waals surface area contributed by atoms with E-state index in [9.17, 15) is 5.11 Å². The monoisotopic (exact) mass is 386 g/mol. The topological polar surface area (TPSA) is 33.9 Å². The quantitative estimate of drug-likeness (QED) is 0.838. The van der Waals surface area contributed by atoms with Crippen LogP contribution in [0.15, 0.2) is 48.5 Å². The molecule has 144 valence electrons. The van der Waals surface area contributed by atoms with Crippen molar-refractivity contribution in [3.63, 3.8) is 0 Å². The summed E-state index contributed by atoms with van der Waals surface area (Å²) in [7, 11) is 1.74. The second-order valence-corrected chi connectivity index (χ2v) is 8.51. The molecule has 4 heteroatoms. The van der Waals surface area contributed by atoms with E-state index >= 15 is 0 Å². The highest BCUT2D eigenvalue weighted by Crippen LogP contribution is 2.45. The molecule has 2 N–H and O–H groups in total. The third-order valence-corrected chi connectivity index (χ3v) is 7.00. The Bertz CT molecular complexity index is 795. The summed E-state index contributed by atoms with van der Waals surface area (Å²) >= 11 is 6.47. The van der Waals surface area contributed by atoms with Crippen molar-refractivity contribution in [1.82, 2.24) is 0 Å². The van der Waals surface area contributed by atoms with Crippen molar-refractivity contribution in [1.29, 1.82) is 0 Å². The van der Waals surface area contributed by atoms with Crippen LogP contribution in [0.2, 0.25) is 5.02 Å². The molecule has 1 aliphatic heterocycles. The third kappa shape index (κ3) is 3.61. The van der Waals surface area contributed by atoms with E-state index in [1.165, 1.54) is 22.4 Å². The first-order chi connectivity index (χ1) is 13.1. The normalized spacial score (nSPS) is 30.6. The van der Waals surface area contributed by atoms with Gasteiger partial charge in [0, 0.05) is 22.9 Å². The van der Waals surface area contributed by atoms with Crippen molar-refractivity contribution in [2.24, 2.45) is 5.92 Å². The second kappa shape index (κ2) is 7.83. The molecule has 2 aliphatic rings. The number of piperidine rings is 1. The van der Waals surface area contributed by atoms with Crippen LogP contribution in [0, 0.1) is 5.92 Å². The Labute approximate surface area is 166 Å². The summed E-state index contributed by atoms with van der Waals surface area (Å²) in [6.45, 7) is 1.82. The summed E-state index contributed by atoms with van der Waals surface area (Å²) in [5, 5.41) is 12.3. The van der Waals surface area contributed by atoms with E-state index in [4.69, 9.17) is 16.3 Å². The van der Waals surface area contributed by atoms with Crippen molar-refractivity contribution >= 4 is 11.6 Å². The molecule has 27 heavy (non-hydrogen) atoms. The number of ether oxygens (including phenoxy) is 1. The van der Waals surface area contributed by atoms with E-state index in [1.54, 1.807) is 7.11 Å². The van der Waals surface area contributed by atoms with Crippen molar-refractivity contribution in [2.75, 3.05) is 13.7 Å². The maximum atomic E-state index is 11.4. The predicted molar refractivity (Wildman–Crippen MR) is 108 cm³/mol. The number of hydrogen-bond donors (Lipinski definition) is 2. The molecule has 0 spiro atoms. The number of rotatable bonds is 4. The standard InChI is InChI=1S/C23H28ClNO2/c1-27-21-12-5-3-9-18(21)22-19-10-6-7-13-23(19,26)14-15-25(22)16-17-8-2-4-11-20(17)24/h2-5,8-9,11-12,19,22,26H,6-7,10,13-16H2,1H3/p+1/t19-,22+,23-/m1/s1. The second-order valence-electron chi connectivity index (χ2n) is 8.10. The highest BCUT2D eigenvalue weighted by Gasteiger charge is 2.52. The molecule has 0 aromatic heterocycles. The van der Waals surface area contributed by atoms with Crippen LogP contribution in [0.3, 0.4) is 0 Å². The zero-order valence-corrected chi connectivity index (χ0v) is 16.7. The van der Waals surface area contributed by atoms with Crippen LogP contribution < -0.4 is 9.64 Å². The van der Waals surface area contributed by atoms with Gasteiger partial charge in [-0.1, -0.05) is 54.8 Å². The van der Waals surface area contributed by atoms with E-state index in [1.807, 2.05) is 24.3 Å². The first-order valence-electron chi connectivity index (χ1n) is 10.1. The third-order valence-electron chi connectivity index (χ3n) is 6.64. The number of halogens is 1. The van der Waals surface area contributed by atoms with Crippen molar-refractivity contribution in [3.8, 4) is 5.75 Å². The van der Waals surface area contributed by atoms with Crippen LogP contribution in [-0.4, -0.2) is 24.4 Å². The Balaban J connectivity index is 1.74. The van der Waals surface area contributed by atoms with Crippen LogP contribution in [0.4, 0.5) is 0 Å². The minimum absolute atomic E-state index is 0.219. The highest BCUT2D eigenvalue weighted by molar-refractivity contribution is 6.31. The zero-order chi connectivity index (χ0) is 18.9. The number of aliphatic hydroxyl groups is 1. The molecule has 2 aromatic carbocycles. The molecule has 3 nitrogen and oxygen atoms in total. The molecule has 4 rings (SSSR count). The molecule has 1 saturated carbocycles. The van der Waals surface area contributed by atoms with Crippen LogP contribution in [0.1, 0.15) is 49.3 Å².